The standard InChI is InChI=1S/C12H16ClNO.ClH/c1-9-7-14-12(2,15-8-9)10-3-5-11(13)6-4-10;/h3-6,9,14H,7-8H2,1-2H3;1H. The zero-order valence-corrected chi connectivity index (χ0v) is 11.1. The molecule has 0 amide bonds. The summed E-state index contributed by atoms with van der Waals surface area (Å²) in [6, 6.07) is 7.80. The molecule has 2 nitrogen and oxygen atoms in total. The first kappa shape index (κ1) is 13.8. The molecule has 1 heterocycles. The smallest absolute Gasteiger partial charge is 0.142 e. The summed E-state index contributed by atoms with van der Waals surface area (Å²) in [5.41, 5.74) is 0.760. The van der Waals surface area contributed by atoms with Crippen LogP contribution in [0.2, 0.25) is 5.02 Å². The molecule has 1 fully saturated rings. The number of benzene rings is 1. The molecule has 16 heavy (non-hydrogen) atoms. The van der Waals surface area contributed by atoms with Crippen molar-refractivity contribution in [3.8, 4) is 0 Å². The van der Waals surface area contributed by atoms with Crippen molar-refractivity contribution in [2.75, 3.05) is 13.2 Å². The molecule has 0 spiro atoms. The van der Waals surface area contributed by atoms with Gasteiger partial charge >= 0.3 is 0 Å². The lowest BCUT2D eigenvalue weighted by Gasteiger charge is -2.38. The molecule has 1 aromatic rings. The Morgan fingerprint density at radius 3 is 2.50 bits per heavy atom. The van der Waals surface area contributed by atoms with E-state index < -0.39 is 0 Å². The van der Waals surface area contributed by atoms with Gasteiger partial charge in [0, 0.05) is 11.6 Å². The molecular formula is C12H17Cl2NO. The summed E-state index contributed by atoms with van der Waals surface area (Å²) in [5.74, 6) is 0.574. The minimum atomic E-state index is -0.364. The highest BCUT2D eigenvalue weighted by Gasteiger charge is 2.31. The lowest BCUT2D eigenvalue weighted by atomic mass is 10.0. The summed E-state index contributed by atoms with van der Waals surface area (Å²) in [4.78, 5) is 0. The fourth-order valence-corrected chi connectivity index (χ4v) is 1.87. The largest absolute Gasteiger partial charge is 0.356 e. The molecule has 0 radical (unpaired) electrons. The third-order valence-electron chi connectivity index (χ3n) is 2.84. The van der Waals surface area contributed by atoms with E-state index in [-0.39, 0.29) is 18.1 Å². The maximum Gasteiger partial charge on any atom is 0.142 e. The first-order chi connectivity index (χ1) is 7.10. The summed E-state index contributed by atoms with van der Waals surface area (Å²) >= 11 is 5.86. The summed E-state index contributed by atoms with van der Waals surface area (Å²) < 4.78 is 5.85. The van der Waals surface area contributed by atoms with Crippen LogP contribution in [-0.2, 0) is 10.5 Å². The van der Waals surface area contributed by atoms with Crippen LogP contribution >= 0.6 is 24.0 Å². The first-order valence-electron chi connectivity index (χ1n) is 5.25. The Morgan fingerprint density at radius 2 is 2.00 bits per heavy atom. The Balaban J connectivity index is 0.00000128. The van der Waals surface area contributed by atoms with Gasteiger partial charge in [-0.25, -0.2) is 0 Å². The van der Waals surface area contributed by atoms with Crippen LogP contribution in [-0.4, -0.2) is 13.2 Å². The molecule has 1 aliphatic heterocycles. The number of halogens is 2. The maximum atomic E-state index is 5.86. The second-order valence-electron chi connectivity index (χ2n) is 4.34. The third-order valence-corrected chi connectivity index (χ3v) is 3.09. The van der Waals surface area contributed by atoms with Crippen molar-refractivity contribution >= 4 is 24.0 Å². The van der Waals surface area contributed by atoms with Crippen LogP contribution in [0, 0.1) is 5.92 Å². The van der Waals surface area contributed by atoms with Gasteiger partial charge in [0.25, 0.3) is 0 Å². The quantitative estimate of drug-likeness (QED) is 0.839. The second-order valence-corrected chi connectivity index (χ2v) is 4.77. The topological polar surface area (TPSA) is 21.3 Å². The lowest BCUT2D eigenvalue weighted by molar-refractivity contribution is -0.106. The van der Waals surface area contributed by atoms with Crippen molar-refractivity contribution in [2.24, 2.45) is 5.92 Å². The van der Waals surface area contributed by atoms with E-state index in [1.807, 2.05) is 24.3 Å². The fraction of sp³-hybridized carbons (Fsp3) is 0.500. The highest BCUT2D eigenvalue weighted by atomic mass is 35.5. The molecule has 2 unspecified atom stereocenters. The van der Waals surface area contributed by atoms with E-state index >= 15 is 0 Å². The predicted octanol–water partition coefficient (Wildman–Crippen LogP) is 3.19. The number of ether oxygens (including phenoxy) is 1. The molecule has 1 aliphatic rings. The van der Waals surface area contributed by atoms with Crippen molar-refractivity contribution in [1.82, 2.24) is 5.32 Å². The number of hydrogen-bond acceptors (Lipinski definition) is 2. The normalized spacial score (nSPS) is 29.6. The monoisotopic (exact) mass is 261 g/mol. The zero-order chi connectivity index (χ0) is 10.9. The van der Waals surface area contributed by atoms with Crippen LogP contribution in [0.5, 0.6) is 0 Å². The van der Waals surface area contributed by atoms with Crippen LogP contribution in [0.4, 0.5) is 0 Å². The molecule has 1 aromatic carbocycles. The van der Waals surface area contributed by atoms with Crippen LogP contribution in [0.3, 0.4) is 0 Å². The van der Waals surface area contributed by atoms with Crippen molar-refractivity contribution < 1.29 is 4.74 Å². The number of rotatable bonds is 1. The molecule has 0 aromatic heterocycles. The first-order valence-corrected chi connectivity index (χ1v) is 5.63. The molecule has 0 aliphatic carbocycles. The van der Waals surface area contributed by atoms with Crippen molar-refractivity contribution in [2.45, 2.75) is 19.6 Å². The molecular weight excluding hydrogens is 245 g/mol. The number of hydrogen-bond donors (Lipinski definition) is 1. The van der Waals surface area contributed by atoms with Gasteiger partial charge in [0.1, 0.15) is 5.72 Å². The van der Waals surface area contributed by atoms with Crippen LogP contribution in [0.1, 0.15) is 19.4 Å². The van der Waals surface area contributed by atoms with Crippen molar-refractivity contribution in [3.05, 3.63) is 34.9 Å². The van der Waals surface area contributed by atoms with Crippen molar-refractivity contribution in [3.63, 3.8) is 0 Å². The molecule has 1 N–H and O–H groups in total. The minimum absolute atomic E-state index is 0. The van der Waals surface area contributed by atoms with E-state index in [9.17, 15) is 0 Å². The SMILES string of the molecule is CC1CNC(C)(c2ccc(Cl)cc2)OC1.Cl. The molecule has 90 valence electrons. The summed E-state index contributed by atoms with van der Waals surface area (Å²) in [7, 11) is 0. The van der Waals surface area contributed by atoms with Gasteiger partial charge in [-0.3, -0.25) is 5.32 Å². The molecule has 1 saturated heterocycles. The highest BCUT2D eigenvalue weighted by Crippen LogP contribution is 2.27. The van der Waals surface area contributed by atoms with Crippen LogP contribution in [0.15, 0.2) is 24.3 Å². The highest BCUT2D eigenvalue weighted by molar-refractivity contribution is 6.30. The van der Waals surface area contributed by atoms with Gasteiger partial charge in [-0.05, 0) is 30.5 Å². The fourth-order valence-electron chi connectivity index (χ4n) is 1.74. The van der Waals surface area contributed by atoms with Crippen LogP contribution in [0.25, 0.3) is 0 Å². The van der Waals surface area contributed by atoms with Gasteiger partial charge in [-0.2, -0.15) is 0 Å². The van der Waals surface area contributed by atoms with Crippen LogP contribution < -0.4 is 5.32 Å². The molecule has 0 bridgehead atoms. The zero-order valence-electron chi connectivity index (χ0n) is 9.50. The lowest BCUT2D eigenvalue weighted by Crippen LogP contribution is -2.49. The minimum Gasteiger partial charge on any atom is -0.356 e. The van der Waals surface area contributed by atoms with Gasteiger partial charge in [0.2, 0.25) is 0 Å². The number of nitrogens with one attached hydrogen (secondary N) is 1. The van der Waals surface area contributed by atoms with E-state index in [0.29, 0.717) is 5.92 Å². The Bertz CT molecular complexity index is 331. The molecule has 4 heteroatoms. The summed E-state index contributed by atoms with van der Waals surface area (Å²) in [6.07, 6.45) is 0. The Kier molecular flexibility index (Phi) is 4.62. The van der Waals surface area contributed by atoms with Gasteiger partial charge in [-0.1, -0.05) is 30.7 Å². The second kappa shape index (κ2) is 5.37. The average molecular weight is 262 g/mol. The van der Waals surface area contributed by atoms with E-state index in [0.717, 1.165) is 23.7 Å². The molecule has 2 rings (SSSR count). The third kappa shape index (κ3) is 2.89. The van der Waals surface area contributed by atoms with E-state index in [1.165, 1.54) is 0 Å². The summed E-state index contributed by atoms with van der Waals surface area (Å²) in [5, 5.41) is 4.17. The van der Waals surface area contributed by atoms with Gasteiger partial charge in [0.05, 0.1) is 6.61 Å². The van der Waals surface area contributed by atoms with Gasteiger partial charge < -0.3 is 4.74 Å². The van der Waals surface area contributed by atoms with Gasteiger partial charge in [-0.15, -0.1) is 12.4 Å². The molecule has 0 saturated carbocycles. The van der Waals surface area contributed by atoms with E-state index in [1.54, 1.807) is 0 Å². The van der Waals surface area contributed by atoms with Gasteiger partial charge in [0.15, 0.2) is 0 Å². The Morgan fingerprint density at radius 1 is 1.38 bits per heavy atom. The van der Waals surface area contributed by atoms with Crippen molar-refractivity contribution in [1.29, 1.82) is 0 Å². The maximum absolute atomic E-state index is 5.86. The Labute approximate surface area is 108 Å². The average Bonchev–Trinajstić information content (AvgIpc) is 2.24. The van der Waals surface area contributed by atoms with E-state index in [4.69, 9.17) is 16.3 Å². The molecule has 2 atom stereocenters. The van der Waals surface area contributed by atoms with E-state index in [2.05, 4.69) is 19.2 Å². The predicted molar refractivity (Wildman–Crippen MR) is 69.2 cm³/mol. The Hall–Kier alpha value is -0.280. The summed E-state index contributed by atoms with van der Waals surface area (Å²) in [6.45, 7) is 6.02.